The molecule has 0 aromatic heterocycles. The van der Waals surface area contributed by atoms with Gasteiger partial charge in [-0.2, -0.15) is 0 Å². The van der Waals surface area contributed by atoms with E-state index in [0.29, 0.717) is 0 Å². The third kappa shape index (κ3) is 7.43. The van der Waals surface area contributed by atoms with E-state index >= 15 is 0 Å². The van der Waals surface area contributed by atoms with E-state index in [2.05, 4.69) is 10.6 Å². The van der Waals surface area contributed by atoms with E-state index < -0.39 is 23.9 Å². The van der Waals surface area contributed by atoms with Gasteiger partial charge in [-0.25, -0.2) is 0 Å². The fourth-order valence-corrected chi connectivity index (χ4v) is 1.71. The van der Waals surface area contributed by atoms with E-state index in [0.717, 1.165) is 0 Å². The zero-order valence-corrected chi connectivity index (χ0v) is 14.0. The van der Waals surface area contributed by atoms with E-state index in [-0.39, 0.29) is 30.5 Å². The maximum Gasteiger partial charge on any atom is 0.229 e. The quantitative estimate of drug-likeness (QED) is 0.535. The van der Waals surface area contributed by atoms with Crippen molar-refractivity contribution in [3.05, 3.63) is 0 Å². The Morgan fingerprint density at radius 2 is 1.10 bits per heavy atom. The maximum absolute atomic E-state index is 11.8. The summed E-state index contributed by atoms with van der Waals surface area (Å²) in [5, 5.41) is 23.9. The lowest BCUT2D eigenvalue weighted by Gasteiger charge is -2.31. The monoisotopic (exact) mass is 302 g/mol. The van der Waals surface area contributed by atoms with Crippen LogP contribution in [0.25, 0.3) is 0 Å². The average molecular weight is 302 g/mol. The molecule has 6 heteroatoms. The zero-order valence-electron chi connectivity index (χ0n) is 14.0. The van der Waals surface area contributed by atoms with Crippen molar-refractivity contribution in [3.8, 4) is 0 Å². The third-order valence-electron chi connectivity index (χ3n) is 3.45. The van der Waals surface area contributed by atoms with Gasteiger partial charge in [-0.1, -0.05) is 41.5 Å². The first-order valence-corrected chi connectivity index (χ1v) is 7.22. The van der Waals surface area contributed by atoms with Crippen molar-refractivity contribution in [2.75, 3.05) is 13.2 Å². The number of amides is 2. The van der Waals surface area contributed by atoms with Crippen molar-refractivity contribution in [2.45, 2.75) is 60.0 Å². The molecule has 0 aromatic rings. The molecule has 0 aromatic carbocycles. The van der Waals surface area contributed by atoms with E-state index in [1.54, 1.807) is 0 Å². The molecule has 6 nitrogen and oxygen atoms in total. The first-order chi connectivity index (χ1) is 9.41. The van der Waals surface area contributed by atoms with Gasteiger partial charge >= 0.3 is 0 Å². The minimum absolute atomic E-state index is 0.182. The molecule has 2 amide bonds. The smallest absolute Gasteiger partial charge is 0.229 e. The lowest BCUT2D eigenvalue weighted by atomic mass is 9.87. The average Bonchev–Trinajstić information content (AvgIpc) is 2.29. The predicted molar refractivity (Wildman–Crippen MR) is 81.6 cm³/mol. The first kappa shape index (κ1) is 19.9. The molecule has 2 atom stereocenters. The number of rotatable bonds is 6. The number of hydrogen-bond donors (Lipinski definition) is 4. The van der Waals surface area contributed by atoms with Gasteiger partial charge < -0.3 is 20.8 Å². The van der Waals surface area contributed by atoms with Gasteiger partial charge in [-0.05, 0) is 10.8 Å². The number of aliphatic hydroxyl groups is 2. The van der Waals surface area contributed by atoms with Crippen LogP contribution in [-0.2, 0) is 9.59 Å². The summed E-state index contributed by atoms with van der Waals surface area (Å²) in [5.74, 6) is -0.876. The molecule has 21 heavy (non-hydrogen) atoms. The van der Waals surface area contributed by atoms with Gasteiger partial charge in [0.25, 0.3) is 0 Å². The topological polar surface area (TPSA) is 98.7 Å². The number of hydrogen-bond acceptors (Lipinski definition) is 4. The van der Waals surface area contributed by atoms with Crippen molar-refractivity contribution < 1.29 is 19.8 Å². The van der Waals surface area contributed by atoms with Gasteiger partial charge in [-0.3, -0.25) is 9.59 Å². The van der Waals surface area contributed by atoms with Gasteiger partial charge in [0.2, 0.25) is 11.8 Å². The largest absolute Gasteiger partial charge is 0.394 e. The van der Waals surface area contributed by atoms with E-state index in [4.69, 9.17) is 0 Å². The lowest BCUT2D eigenvalue weighted by molar-refractivity contribution is -0.131. The zero-order chi connectivity index (χ0) is 16.8. The summed E-state index contributed by atoms with van der Waals surface area (Å²) in [6, 6.07) is -0.817. The van der Waals surface area contributed by atoms with Crippen molar-refractivity contribution in [1.29, 1.82) is 0 Å². The molecule has 0 saturated carbocycles. The summed E-state index contributed by atoms with van der Waals surface area (Å²) in [7, 11) is 0. The third-order valence-corrected chi connectivity index (χ3v) is 3.45. The standard InChI is InChI=1S/C15H30N2O4/c1-14(2,3)10(8-18)16-12(20)7-13(21)17-11(9-19)15(4,5)6/h10-11,18-19H,7-9H2,1-6H3,(H,16,20)(H,17,21)/t10-,11-/m0/s1. The molecule has 4 N–H and O–H groups in total. The van der Waals surface area contributed by atoms with E-state index in [1.165, 1.54) is 0 Å². The van der Waals surface area contributed by atoms with Crippen LogP contribution in [0.5, 0.6) is 0 Å². The molecule has 0 unspecified atom stereocenters. The van der Waals surface area contributed by atoms with Gasteiger partial charge in [0.05, 0.1) is 25.3 Å². The number of nitrogens with one attached hydrogen (secondary N) is 2. The molecule has 0 aliphatic carbocycles. The fraction of sp³-hybridized carbons (Fsp3) is 0.867. The summed E-state index contributed by atoms with van der Waals surface area (Å²) in [6.45, 7) is 11.0. The summed E-state index contributed by atoms with van der Waals surface area (Å²) in [4.78, 5) is 23.7. The van der Waals surface area contributed by atoms with Crippen LogP contribution in [0, 0.1) is 10.8 Å². The van der Waals surface area contributed by atoms with Crippen LogP contribution < -0.4 is 10.6 Å². The van der Waals surface area contributed by atoms with Crippen LogP contribution >= 0.6 is 0 Å². The molecule has 0 saturated heterocycles. The molecular weight excluding hydrogens is 272 g/mol. The number of aliphatic hydroxyl groups excluding tert-OH is 2. The number of carbonyl (C=O) groups excluding carboxylic acids is 2. The molecule has 0 heterocycles. The van der Waals surface area contributed by atoms with Gasteiger partial charge in [0, 0.05) is 0 Å². The van der Waals surface area contributed by atoms with Crippen LogP contribution in [0.2, 0.25) is 0 Å². The van der Waals surface area contributed by atoms with Crippen molar-refractivity contribution in [2.24, 2.45) is 10.8 Å². The Kier molecular flexibility index (Phi) is 7.33. The Labute approximate surface area is 127 Å². The van der Waals surface area contributed by atoms with Crippen LogP contribution in [-0.4, -0.2) is 47.3 Å². The molecule has 0 rings (SSSR count). The predicted octanol–water partition coefficient (Wildman–Crippen LogP) is 0.423. The molecule has 0 bridgehead atoms. The second kappa shape index (κ2) is 7.75. The molecule has 0 radical (unpaired) electrons. The Bertz CT molecular complexity index is 322. The Morgan fingerprint density at radius 3 is 1.29 bits per heavy atom. The van der Waals surface area contributed by atoms with E-state index in [9.17, 15) is 19.8 Å². The highest BCUT2D eigenvalue weighted by Crippen LogP contribution is 2.19. The summed E-state index contributed by atoms with van der Waals surface area (Å²) in [6.07, 6.45) is -0.320. The SMILES string of the molecule is CC(C)(C)[C@H](CO)NC(=O)CC(=O)N[C@@H](CO)C(C)(C)C. The lowest BCUT2D eigenvalue weighted by Crippen LogP contribution is -2.50. The molecule has 0 spiro atoms. The fourth-order valence-electron chi connectivity index (χ4n) is 1.71. The summed E-state index contributed by atoms with van der Waals surface area (Å²) in [5.41, 5.74) is -0.583. The molecular formula is C15H30N2O4. The molecule has 124 valence electrons. The normalized spacial score (nSPS) is 15.2. The highest BCUT2D eigenvalue weighted by atomic mass is 16.3. The number of carbonyl (C=O) groups is 2. The van der Waals surface area contributed by atoms with Crippen LogP contribution in [0.1, 0.15) is 48.0 Å². The summed E-state index contributed by atoms with van der Waals surface area (Å²) < 4.78 is 0. The highest BCUT2D eigenvalue weighted by molar-refractivity contribution is 5.97. The Balaban J connectivity index is 4.49. The van der Waals surface area contributed by atoms with Gasteiger partial charge in [0.1, 0.15) is 6.42 Å². The molecule has 0 aliphatic rings. The molecule has 0 fully saturated rings. The van der Waals surface area contributed by atoms with Crippen LogP contribution in [0.3, 0.4) is 0 Å². The van der Waals surface area contributed by atoms with E-state index in [1.807, 2.05) is 41.5 Å². The van der Waals surface area contributed by atoms with Crippen molar-refractivity contribution in [3.63, 3.8) is 0 Å². The Morgan fingerprint density at radius 1 is 0.810 bits per heavy atom. The van der Waals surface area contributed by atoms with Crippen LogP contribution in [0.4, 0.5) is 0 Å². The second-order valence-corrected chi connectivity index (χ2v) is 7.51. The minimum Gasteiger partial charge on any atom is -0.394 e. The first-order valence-electron chi connectivity index (χ1n) is 7.22. The second-order valence-electron chi connectivity index (χ2n) is 7.51. The summed E-state index contributed by atoms with van der Waals surface area (Å²) >= 11 is 0. The van der Waals surface area contributed by atoms with Crippen molar-refractivity contribution >= 4 is 11.8 Å². The van der Waals surface area contributed by atoms with Crippen LogP contribution in [0.15, 0.2) is 0 Å². The Hall–Kier alpha value is -1.14. The maximum atomic E-state index is 11.8. The van der Waals surface area contributed by atoms with Gasteiger partial charge in [-0.15, -0.1) is 0 Å². The molecule has 0 aliphatic heterocycles. The van der Waals surface area contributed by atoms with Crippen molar-refractivity contribution in [1.82, 2.24) is 10.6 Å². The van der Waals surface area contributed by atoms with Gasteiger partial charge in [0.15, 0.2) is 0 Å². The minimum atomic E-state index is -0.438. The highest BCUT2D eigenvalue weighted by Gasteiger charge is 2.28.